The van der Waals surface area contributed by atoms with Crippen LogP contribution in [0.25, 0.3) is 0 Å². The summed E-state index contributed by atoms with van der Waals surface area (Å²) in [5, 5.41) is 10.6. The molecule has 0 unspecified atom stereocenters. The smallest absolute Gasteiger partial charge is 0.271 e. The van der Waals surface area contributed by atoms with Crippen molar-refractivity contribution < 1.29 is 4.92 Å². The molecule has 7 nitrogen and oxygen atoms in total. The first-order valence-electron chi connectivity index (χ1n) is 4.90. The third kappa shape index (κ3) is 2.51. The van der Waals surface area contributed by atoms with Gasteiger partial charge in [-0.05, 0) is 6.07 Å². The van der Waals surface area contributed by atoms with Gasteiger partial charge in [0.2, 0.25) is 5.95 Å². The lowest BCUT2D eigenvalue weighted by Crippen LogP contribution is -2.12. The zero-order valence-electron chi connectivity index (χ0n) is 9.12. The number of hydrogen-bond donors (Lipinski definition) is 2. The zero-order valence-corrected chi connectivity index (χ0v) is 9.12. The molecule has 0 amide bonds. The number of nitrogens with zero attached hydrogens (tertiary/aromatic N) is 3. The Morgan fingerprint density at radius 2 is 2.24 bits per heavy atom. The first kappa shape index (κ1) is 10.9. The Morgan fingerprint density at radius 3 is 2.88 bits per heavy atom. The minimum Gasteiger partial charge on any atom is -0.319 e. The molecular weight excluding hydrogens is 222 g/mol. The molecule has 0 aliphatic heterocycles. The Kier molecular flexibility index (Phi) is 2.91. The first-order valence-corrected chi connectivity index (χ1v) is 4.90. The van der Waals surface area contributed by atoms with Crippen molar-refractivity contribution in [3.05, 3.63) is 46.8 Å². The average Bonchev–Trinajstić information content (AvgIpc) is 2.72. The summed E-state index contributed by atoms with van der Waals surface area (Å²) in [5.74, 6) is 0.622. The number of aromatic nitrogens is 2. The Hall–Kier alpha value is -2.57. The molecule has 0 spiro atoms. The molecule has 0 atom stereocenters. The molecule has 0 aliphatic rings. The van der Waals surface area contributed by atoms with E-state index in [2.05, 4.69) is 15.8 Å². The van der Waals surface area contributed by atoms with Gasteiger partial charge in [-0.3, -0.25) is 21.0 Å². The predicted molar refractivity (Wildman–Crippen MR) is 63.5 cm³/mol. The summed E-state index contributed by atoms with van der Waals surface area (Å²) in [6.45, 7) is 0. The third-order valence-corrected chi connectivity index (χ3v) is 2.20. The minimum absolute atomic E-state index is 0.0386. The number of anilines is 2. The first-order chi connectivity index (χ1) is 8.16. The van der Waals surface area contributed by atoms with Crippen LogP contribution in [0.2, 0.25) is 0 Å². The summed E-state index contributed by atoms with van der Waals surface area (Å²) < 4.78 is 1.78. The van der Waals surface area contributed by atoms with E-state index in [1.807, 2.05) is 7.05 Å². The van der Waals surface area contributed by atoms with Gasteiger partial charge >= 0.3 is 0 Å². The minimum atomic E-state index is -0.439. The van der Waals surface area contributed by atoms with Crippen LogP contribution in [-0.4, -0.2) is 14.5 Å². The van der Waals surface area contributed by atoms with Gasteiger partial charge in [0, 0.05) is 31.6 Å². The molecule has 17 heavy (non-hydrogen) atoms. The SMILES string of the molecule is Cn1ccnc1NNc1cccc([N+](=O)[O-])c1. The molecule has 88 valence electrons. The summed E-state index contributed by atoms with van der Waals surface area (Å²) in [6.07, 6.45) is 3.44. The molecule has 2 rings (SSSR count). The van der Waals surface area contributed by atoms with E-state index in [1.165, 1.54) is 12.1 Å². The maximum absolute atomic E-state index is 10.6. The van der Waals surface area contributed by atoms with E-state index in [9.17, 15) is 10.1 Å². The van der Waals surface area contributed by atoms with Crippen molar-refractivity contribution in [2.24, 2.45) is 7.05 Å². The molecule has 2 aromatic rings. The zero-order chi connectivity index (χ0) is 12.3. The summed E-state index contributed by atoms with van der Waals surface area (Å²) in [4.78, 5) is 14.2. The lowest BCUT2D eigenvalue weighted by molar-refractivity contribution is -0.384. The monoisotopic (exact) mass is 233 g/mol. The van der Waals surface area contributed by atoms with E-state index in [4.69, 9.17) is 0 Å². The number of rotatable bonds is 4. The van der Waals surface area contributed by atoms with E-state index < -0.39 is 4.92 Å². The van der Waals surface area contributed by atoms with Crippen LogP contribution in [-0.2, 0) is 7.05 Å². The maximum Gasteiger partial charge on any atom is 0.271 e. The Balaban J connectivity index is 2.07. The second-order valence-electron chi connectivity index (χ2n) is 3.42. The van der Waals surface area contributed by atoms with Gasteiger partial charge in [-0.25, -0.2) is 4.98 Å². The quantitative estimate of drug-likeness (QED) is 0.621. The highest BCUT2D eigenvalue weighted by molar-refractivity contribution is 5.53. The number of nitrogens with one attached hydrogen (secondary N) is 2. The number of benzene rings is 1. The highest BCUT2D eigenvalue weighted by Gasteiger charge is 2.05. The van der Waals surface area contributed by atoms with Crippen LogP contribution in [0.3, 0.4) is 0 Å². The van der Waals surface area contributed by atoms with Crippen molar-refractivity contribution in [3.63, 3.8) is 0 Å². The fraction of sp³-hybridized carbons (Fsp3) is 0.100. The van der Waals surface area contributed by atoms with E-state index >= 15 is 0 Å². The Labute approximate surface area is 97.2 Å². The van der Waals surface area contributed by atoms with E-state index in [-0.39, 0.29) is 5.69 Å². The summed E-state index contributed by atoms with van der Waals surface area (Å²) >= 11 is 0. The largest absolute Gasteiger partial charge is 0.319 e. The molecule has 0 radical (unpaired) electrons. The van der Waals surface area contributed by atoms with Crippen LogP contribution in [0.4, 0.5) is 17.3 Å². The third-order valence-electron chi connectivity index (χ3n) is 2.20. The summed E-state index contributed by atoms with van der Waals surface area (Å²) in [6, 6.07) is 6.21. The lowest BCUT2D eigenvalue weighted by Gasteiger charge is -2.08. The number of non-ortho nitro benzene ring substituents is 1. The van der Waals surface area contributed by atoms with Crippen molar-refractivity contribution >= 4 is 17.3 Å². The van der Waals surface area contributed by atoms with Gasteiger partial charge in [-0.1, -0.05) is 6.07 Å². The number of nitro groups is 1. The average molecular weight is 233 g/mol. The summed E-state index contributed by atoms with van der Waals surface area (Å²) in [7, 11) is 1.84. The van der Waals surface area contributed by atoms with Crippen LogP contribution in [0.1, 0.15) is 0 Å². The van der Waals surface area contributed by atoms with Gasteiger partial charge in [-0.15, -0.1) is 0 Å². The van der Waals surface area contributed by atoms with Crippen LogP contribution >= 0.6 is 0 Å². The Bertz CT molecular complexity index is 537. The van der Waals surface area contributed by atoms with E-state index in [1.54, 1.807) is 29.1 Å². The number of nitro benzene ring substituents is 1. The molecular formula is C10H11N5O2. The lowest BCUT2D eigenvalue weighted by atomic mass is 10.3. The van der Waals surface area contributed by atoms with Crippen molar-refractivity contribution in [2.75, 3.05) is 10.9 Å². The van der Waals surface area contributed by atoms with Crippen molar-refractivity contribution in [2.45, 2.75) is 0 Å². The molecule has 1 aromatic heterocycles. The van der Waals surface area contributed by atoms with E-state index in [0.29, 0.717) is 11.6 Å². The highest BCUT2D eigenvalue weighted by atomic mass is 16.6. The molecule has 7 heteroatoms. The van der Waals surface area contributed by atoms with Crippen molar-refractivity contribution in [1.29, 1.82) is 0 Å². The standard InChI is InChI=1S/C10H11N5O2/c1-14-6-5-11-10(14)13-12-8-3-2-4-9(7-8)15(16)17/h2-7,12H,1H3,(H,11,13). The summed E-state index contributed by atoms with van der Waals surface area (Å²) in [5.41, 5.74) is 6.34. The van der Waals surface area contributed by atoms with Crippen molar-refractivity contribution in [1.82, 2.24) is 9.55 Å². The van der Waals surface area contributed by atoms with Crippen LogP contribution in [0.15, 0.2) is 36.7 Å². The molecule has 0 saturated carbocycles. The molecule has 0 aliphatic carbocycles. The van der Waals surface area contributed by atoms with Gasteiger partial charge < -0.3 is 4.57 Å². The molecule has 2 N–H and O–H groups in total. The van der Waals surface area contributed by atoms with Gasteiger partial charge in [0.15, 0.2) is 0 Å². The van der Waals surface area contributed by atoms with Gasteiger partial charge in [0.1, 0.15) is 0 Å². The Morgan fingerprint density at radius 1 is 1.41 bits per heavy atom. The topological polar surface area (TPSA) is 85.0 Å². The molecule has 0 bridgehead atoms. The normalized spacial score (nSPS) is 9.94. The van der Waals surface area contributed by atoms with E-state index in [0.717, 1.165) is 0 Å². The maximum atomic E-state index is 10.6. The number of hydrogen-bond acceptors (Lipinski definition) is 5. The molecule has 1 aromatic carbocycles. The number of hydrazine groups is 1. The van der Waals surface area contributed by atoms with Crippen molar-refractivity contribution in [3.8, 4) is 0 Å². The number of imidazole rings is 1. The van der Waals surface area contributed by atoms with Gasteiger partial charge in [0.05, 0.1) is 10.6 Å². The van der Waals surface area contributed by atoms with Crippen LogP contribution in [0, 0.1) is 10.1 Å². The van der Waals surface area contributed by atoms with Crippen LogP contribution < -0.4 is 10.9 Å². The number of aryl methyl sites for hydroxylation is 1. The molecule has 0 saturated heterocycles. The van der Waals surface area contributed by atoms with Gasteiger partial charge in [0.25, 0.3) is 5.69 Å². The fourth-order valence-corrected chi connectivity index (χ4v) is 1.31. The van der Waals surface area contributed by atoms with Gasteiger partial charge in [-0.2, -0.15) is 0 Å². The molecule has 0 fully saturated rings. The predicted octanol–water partition coefficient (Wildman–Crippen LogP) is 1.77. The highest BCUT2D eigenvalue weighted by Crippen LogP contribution is 2.16. The van der Waals surface area contributed by atoms with Crippen LogP contribution in [0.5, 0.6) is 0 Å². The fourth-order valence-electron chi connectivity index (χ4n) is 1.31. The second kappa shape index (κ2) is 4.52. The molecule has 1 heterocycles. The second-order valence-corrected chi connectivity index (χ2v) is 3.42.